The molecule has 4 aromatic rings. The van der Waals surface area contributed by atoms with Crippen molar-refractivity contribution >= 4 is 41.3 Å². The van der Waals surface area contributed by atoms with Gasteiger partial charge in [-0.3, -0.25) is 19.7 Å². The maximum absolute atomic E-state index is 13.5. The Morgan fingerprint density at radius 3 is 2.58 bits per heavy atom. The van der Waals surface area contributed by atoms with Crippen LogP contribution in [0, 0.1) is 0 Å². The molecule has 1 aliphatic rings. The van der Waals surface area contributed by atoms with E-state index in [4.69, 9.17) is 11.6 Å². The summed E-state index contributed by atoms with van der Waals surface area (Å²) < 4.78 is 32.9. The molecule has 0 aliphatic carbocycles. The highest BCUT2D eigenvalue weighted by molar-refractivity contribution is 6.30. The van der Waals surface area contributed by atoms with Gasteiger partial charge in [-0.2, -0.15) is 9.78 Å². The number of aromatic nitrogens is 6. The molecule has 17 heteroatoms. The van der Waals surface area contributed by atoms with Gasteiger partial charge in [-0.1, -0.05) is 23.7 Å². The van der Waals surface area contributed by atoms with Crippen LogP contribution in [0.4, 0.5) is 19.3 Å². The highest BCUT2D eigenvalue weighted by Crippen LogP contribution is 2.29. The summed E-state index contributed by atoms with van der Waals surface area (Å²) in [6, 6.07) is 11.4. The van der Waals surface area contributed by atoms with E-state index in [1.54, 1.807) is 42.5 Å². The number of nitrogens with one attached hydrogen (secondary N) is 3. The Kier molecular flexibility index (Phi) is 8.94. The second-order valence-electron chi connectivity index (χ2n) is 9.89. The van der Waals surface area contributed by atoms with Crippen molar-refractivity contribution in [1.29, 1.82) is 0 Å². The summed E-state index contributed by atoms with van der Waals surface area (Å²) in [5.74, 6) is -4.28. The maximum atomic E-state index is 13.5. The molecule has 0 bridgehead atoms. The number of amides is 3. The van der Waals surface area contributed by atoms with Gasteiger partial charge in [-0.25, -0.2) is 18.7 Å². The van der Waals surface area contributed by atoms with Crippen LogP contribution in [-0.4, -0.2) is 79.3 Å². The molecule has 3 heterocycles. The maximum Gasteiger partial charge on any atom is 0.411 e. The molecular formula is C28H24ClF2N9O5. The molecule has 14 nitrogen and oxygen atoms in total. The summed E-state index contributed by atoms with van der Waals surface area (Å²) in [5, 5.41) is 23.0. The van der Waals surface area contributed by atoms with E-state index in [-0.39, 0.29) is 11.3 Å². The lowest BCUT2D eigenvalue weighted by Gasteiger charge is -2.39. The van der Waals surface area contributed by atoms with Crippen molar-refractivity contribution in [2.75, 3.05) is 25.5 Å². The predicted molar refractivity (Wildman–Crippen MR) is 157 cm³/mol. The normalized spacial score (nSPS) is 14.4. The van der Waals surface area contributed by atoms with Gasteiger partial charge in [-0.15, -0.1) is 5.10 Å². The van der Waals surface area contributed by atoms with Crippen molar-refractivity contribution < 1.29 is 27.9 Å². The molecule has 232 valence electrons. The molecule has 0 spiro atoms. The highest BCUT2D eigenvalue weighted by atomic mass is 35.5. The number of benzene rings is 2. The van der Waals surface area contributed by atoms with Crippen molar-refractivity contribution in [3.05, 3.63) is 87.6 Å². The Morgan fingerprint density at radius 1 is 1.16 bits per heavy atom. The Balaban J connectivity index is 1.41. The second kappa shape index (κ2) is 13.0. The number of alkyl halides is 2. The van der Waals surface area contributed by atoms with E-state index in [1.807, 2.05) is 0 Å². The van der Waals surface area contributed by atoms with Crippen LogP contribution in [0.2, 0.25) is 5.02 Å². The van der Waals surface area contributed by atoms with Gasteiger partial charge in [0.25, 0.3) is 11.5 Å². The van der Waals surface area contributed by atoms with Crippen LogP contribution in [0.1, 0.15) is 23.7 Å². The lowest BCUT2D eigenvalue weighted by atomic mass is 10.0. The van der Waals surface area contributed by atoms with Crippen LogP contribution >= 0.6 is 11.6 Å². The van der Waals surface area contributed by atoms with Gasteiger partial charge in [0.1, 0.15) is 6.33 Å². The number of methoxy groups -OCH3 is 1. The summed E-state index contributed by atoms with van der Waals surface area (Å²) in [4.78, 5) is 51.2. The zero-order chi connectivity index (χ0) is 32.1. The average molecular weight is 640 g/mol. The number of rotatable bonds is 9. The first-order chi connectivity index (χ1) is 21.5. The number of halogens is 3. The Labute approximate surface area is 258 Å². The fourth-order valence-corrected chi connectivity index (χ4v) is 4.64. The average Bonchev–Trinajstić information content (AvgIpc) is 3.54. The van der Waals surface area contributed by atoms with Crippen LogP contribution in [0.15, 0.2) is 65.7 Å². The van der Waals surface area contributed by atoms with E-state index >= 15 is 0 Å². The summed E-state index contributed by atoms with van der Waals surface area (Å²) in [6.07, 6.45) is 2.93. The summed E-state index contributed by atoms with van der Waals surface area (Å²) >= 11 is 6.15. The Bertz CT molecular complexity index is 1810. The van der Waals surface area contributed by atoms with E-state index in [2.05, 4.69) is 41.1 Å². The van der Waals surface area contributed by atoms with Crippen molar-refractivity contribution in [3.63, 3.8) is 0 Å². The lowest BCUT2D eigenvalue weighted by molar-refractivity contribution is -0.166. The van der Waals surface area contributed by atoms with Crippen LogP contribution in [0.5, 0.6) is 0 Å². The first kappa shape index (κ1) is 30.9. The molecule has 45 heavy (non-hydrogen) atoms. The highest BCUT2D eigenvalue weighted by Gasteiger charge is 2.46. The molecule has 0 radical (unpaired) electrons. The number of carbonyl (C=O) groups excluding carboxylic acids is 3. The van der Waals surface area contributed by atoms with Gasteiger partial charge in [0, 0.05) is 22.3 Å². The van der Waals surface area contributed by atoms with Crippen molar-refractivity contribution in [1.82, 2.24) is 40.6 Å². The smallest absolute Gasteiger partial charge is 0.411 e. The number of anilines is 1. The molecule has 1 atom stereocenters. The van der Waals surface area contributed by atoms with Crippen molar-refractivity contribution in [3.8, 4) is 16.8 Å². The number of hydrogen-bond donors (Lipinski definition) is 3. The van der Waals surface area contributed by atoms with Crippen LogP contribution in [0.3, 0.4) is 0 Å². The third-order valence-corrected chi connectivity index (χ3v) is 6.94. The summed E-state index contributed by atoms with van der Waals surface area (Å²) in [7, 11) is 1.22. The van der Waals surface area contributed by atoms with Gasteiger partial charge in [0.15, 0.2) is 0 Å². The largest absolute Gasteiger partial charge is 0.453 e. The quantitative estimate of drug-likeness (QED) is 0.232. The SMILES string of the molecule is COC(=O)Nc1ccc(-c2cc([C@H](CC(=O)N3CC(F)(F)C3)NC(=O)/C=C/c3cc(Cl)ccc3-n3cnnn3)n[nH]c2=O)cc1. The van der Waals surface area contributed by atoms with Gasteiger partial charge >= 0.3 is 6.09 Å². The number of carbonyl (C=O) groups is 3. The molecule has 2 aromatic heterocycles. The number of tetrazole rings is 1. The van der Waals surface area contributed by atoms with E-state index < -0.39 is 54.9 Å². The molecule has 2 aromatic carbocycles. The standard InChI is InChI=1S/C28H24ClF2N9O5/c1-45-27(44)33-19-6-2-16(3-7-19)20-11-22(35-36-26(20)43)21(12-25(42)39-13-28(30,31)14-39)34-24(41)9-4-17-10-18(29)5-8-23(17)40-15-32-37-38-40/h2-11,15,21H,12-14H2,1H3,(H,33,44)(H,34,41)(H,36,43)/b9-4+/t21-/m0/s1. The molecule has 1 aliphatic heterocycles. The molecule has 0 unspecified atom stereocenters. The first-order valence-corrected chi connectivity index (χ1v) is 13.6. The topological polar surface area (TPSA) is 177 Å². The molecule has 5 rings (SSSR count). The molecular weight excluding hydrogens is 616 g/mol. The predicted octanol–water partition coefficient (Wildman–Crippen LogP) is 2.98. The minimum atomic E-state index is -2.98. The summed E-state index contributed by atoms with van der Waals surface area (Å²) in [6.45, 7) is -1.48. The van der Waals surface area contributed by atoms with E-state index in [0.717, 1.165) is 4.90 Å². The van der Waals surface area contributed by atoms with E-state index in [1.165, 1.54) is 36.3 Å². The lowest BCUT2D eigenvalue weighted by Crippen LogP contribution is -2.58. The molecule has 1 saturated heterocycles. The minimum absolute atomic E-state index is 0.0980. The fraction of sp³-hybridized carbons (Fsp3) is 0.214. The number of likely N-dealkylation sites (tertiary alicyclic amines) is 1. The zero-order valence-corrected chi connectivity index (χ0v) is 24.2. The van der Waals surface area contributed by atoms with Crippen molar-refractivity contribution in [2.45, 2.75) is 18.4 Å². The van der Waals surface area contributed by atoms with Gasteiger partial charge < -0.3 is 15.0 Å². The molecule has 0 saturated carbocycles. The number of aromatic amines is 1. The molecule has 1 fully saturated rings. The van der Waals surface area contributed by atoms with E-state index in [9.17, 15) is 28.0 Å². The minimum Gasteiger partial charge on any atom is -0.453 e. The Morgan fingerprint density at radius 2 is 1.91 bits per heavy atom. The molecule has 3 amide bonds. The monoisotopic (exact) mass is 639 g/mol. The third kappa shape index (κ3) is 7.53. The van der Waals surface area contributed by atoms with Gasteiger partial charge in [0.2, 0.25) is 11.8 Å². The van der Waals surface area contributed by atoms with Crippen LogP contribution in [0.25, 0.3) is 22.9 Å². The number of nitrogens with zero attached hydrogens (tertiary/aromatic N) is 6. The first-order valence-electron chi connectivity index (χ1n) is 13.2. The second-order valence-corrected chi connectivity index (χ2v) is 10.3. The number of ether oxygens (including phenoxy) is 1. The van der Waals surface area contributed by atoms with Crippen LogP contribution in [-0.2, 0) is 14.3 Å². The van der Waals surface area contributed by atoms with Crippen LogP contribution < -0.4 is 16.2 Å². The van der Waals surface area contributed by atoms with Gasteiger partial charge in [0.05, 0.1) is 49.6 Å². The zero-order valence-electron chi connectivity index (χ0n) is 23.4. The summed E-state index contributed by atoms with van der Waals surface area (Å²) in [5.41, 5.74) is 1.54. The third-order valence-electron chi connectivity index (χ3n) is 6.70. The van der Waals surface area contributed by atoms with Gasteiger partial charge in [-0.05, 0) is 58.5 Å². The fourth-order valence-electron chi connectivity index (χ4n) is 4.46. The Hall–Kier alpha value is -5.51. The van der Waals surface area contributed by atoms with Crippen molar-refractivity contribution in [2.24, 2.45) is 0 Å². The molecule has 3 N–H and O–H groups in total. The van der Waals surface area contributed by atoms with E-state index in [0.29, 0.717) is 27.5 Å². The number of hydrogen-bond acceptors (Lipinski definition) is 9. The number of H-pyrrole nitrogens is 1.